The third-order valence-corrected chi connectivity index (χ3v) is 8.47. The van der Waals surface area contributed by atoms with Crippen LogP contribution in [0.4, 0.5) is 0 Å². The molecule has 188 valence electrons. The summed E-state index contributed by atoms with van der Waals surface area (Å²) in [5.74, 6) is 1.02. The predicted molar refractivity (Wildman–Crippen MR) is 135 cm³/mol. The number of aromatic nitrogens is 2. The molecule has 0 radical (unpaired) electrons. The second kappa shape index (κ2) is 8.62. The average molecular weight is 489 g/mol. The van der Waals surface area contributed by atoms with Crippen LogP contribution < -0.4 is 4.74 Å². The molecular formula is C28H32N4O4. The normalized spacial score (nSPS) is 21.0. The van der Waals surface area contributed by atoms with Gasteiger partial charge in [-0.1, -0.05) is 0 Å². The lowest BCUT2D eigenvalue weighted by molar-refractivity contribution is -0.138. The van der Waals surface area contributed by atoms with E-state index in [9.17, 15) is 14.7 Å². The molecule has 3 aliphatic rings. The zero-order valence-electron chi connectivity index (χ0n) is 20.8. The Morgan fingerprint density at radius 3 is 2.50 bits per heavy atom. The van der Waals surface area contributed by atoms with Gasteiger partial charge in [0.15, 0.2) is 0 Å². The highest BCUT2D eigenvalue weighted by atomic mass is 16.5. The highest BCUT2D eigenvalue weighted by molar-refractivity contribution is 5.94. The molecule has 1 saturated carbocycles. The van der Waals surface area contributed by atoms with Gasteiger partial charge >= 0.3 is 0 Å². The van der Waals surface area contributed by atoms with E-state index >= 15 is 0 Å². The smallest absolute Gasteiger partial charge is 0.253 e. The molecule has 0 unspecified atom stereocenters. The summed E-state index contributed by atoms with van der Waals surface area (Å²) in [6.07, 6.45) is 6.66. The summed E-state index contributed by atoms with van der Waals surface area (Å²) < 4.78 is 7.64. The van der Waals surface area contributed by atoms with Crippen LogP contribution in [0.1, 0.15) is 53.3 Å². The van der Waals surface area contributed by atoms with Crippen molar-refractivity contribution in [2.45, 2.75) is 37.1 Å². The Labute approximate surface area is 210 Å². The summed E-state index contributed by atoms with van der Waals surface area (Å²) in [6, 6.07) is 9.25. The fourth-order valence-electron chi connectivity index (χ4n) is 6.38. The number of carbonyl (C=O) groups excluding carboxylic acids is 2. The van der Waals surface area contributed by atoms with Crippen LogP contribution in [0.25, 0.3) is 10.9 Å². The van der Waals surface area contributed by atoms with Gasteiger partial charge in [0, 0.05) is 73.1 Å². The fraction of sp³-hybridized carbons (Fsp3) is 0.464. The van der Waals surface area contributed by atoms with Gasteiger partial charge < -0.3 is 24.2 Å². The van der Waals surface area contributed by atoms with Crippen molar-refractivity contribution in [1.82, 2.24) is 19.4 Å². The Morgan fingerprint density at radius 1 is 1.14 bits per heavy atom. The van der Waals surface area contributed by atoms with E-state index in [0.717, 1.165) is 48.0 Å². The van der Waals surface area contributed by atoms with Gasteiger partial charge in [-0.25, -0.2) is 0 Å². The van der Waals surface area contributed by atoms with Gasteiger partial charge in [-0.2, -0.15) is 0 Å². The first-order chi connectivity index (χ1) is 17.5. The predicted octanol–water partition coefficient (Wildman–Crippen LogP) is 3.04. The summed E-state index contributed by atoms with van der Waals surface area (Å²) in [5.41, 5.74) is 3.63. The molecule has 1 saturated heterocycles. The third kappa shape index (κ3) is 3.50. The molecule has 1 aromatic carbocycles. The molecule has 1 atom stereocenters. The van der Waals surface area contributed by atoms with Crippen molar-refractivity contribution < 1.29 is 19.4 Å². The second-order valence-electron chi connectivity index (χ2n) is 10.4. The van der Waals surface area contributed by atoms with Crippen molar-refractivity contribution in [3.8, 4) is 5.75 Å². The number of hydrogen-bond acceptors (Lipinski definition) is 5. The van der Waals surface area contributed by atoms with E-state index in [2.05, 4.69) is 15.6 Å². The van der Waals surface area contributed by atoms with E-state index in [0.29, 0.717) is 25.2 Å². The highest BCUT2D eigenvalue weighted by Crippen LogP contribution is 2.51. The van der Waals surface area contributed by atoms with Gasteiger partial charge in [0.2, 0.25) is 5.91 Å². The van der Waals surface area contributed by atoms with Crippen LogP contribution in [0.3, 0.4) is 0 Å². The quantitative estimate of drug-likeness (QED) is 0.610. The number of nitrogens with zero attached hydrogens (tertiary/aromatic N) is 4. The van der Waals surface area contributed by atoms with E-state index in [1.807, 2.05) is 29.0 Å². The van der Waals surface area contributed by atoms with Crippen molar-refractivity contribution >= 4 is 22.7 Å². The van der Waals surface area contributed by atoms with Crippen LogP contribution in [-0.2, 0) is 17.3 Å². The number of amides is 2. The zero-order valence-corrected chi connectivity index (χ0v) is 20.8. The van der Waals surface area contributed by atoms with Gasteiger partial charge in [-0.3, -0.25) is 14.6 Å². The van der Waals surface area contributed by atoms with Crippen molar-refractivity contribution in [2.75, 3.05) is 33.4 Å². The Balaban J connectivity index is 1.43. The summed E-state index contributed by atoms with van der Waals surface area (Å²) in [6.45, 7) is 1.68. The summed E-state index contributed by atoms with van der Waals surface area (Å²) in [4.78, 5) is 34.5. The number of aryl methyl sites for hydroxylation is 1. The molecule has 2 amide bonds. The molecule has 6 rings (SSSR count). The summed E-state index contributed by atoms with van der Waals surface area (Å²) in [7, 11) is 3.68. The van der Waals surface area contributed by atoms with E-state index in [-0.39, 0.29) is 35.8 Å². The number of rotatable bonds is 4. The third-order valence-electron chi connectivity index (χ3n) is 8.47. The highest BCUT2D eigenvalue weighted by Gasteiger charge is 2.51. The van der Waals surface area contributed by atoms with Crippen molar-refractivity contribution in [2.24, 2.45) is 13.0 Å². The molecule has 2 aliphatic heterocycles. The van der Waals surface area contributed by atoms with Gasteiger partial charge in [0.05, 0.1) is 25.3 Å². The van der Waals surface area contributed by atoms with E-state index in [1.165, 1.54) is 5.56 Å². The first-order valence-electron chi connectivity index (χ1n) is 12.7. The SMILES string of the molecule is COc1ccc2c3c(n(C)c2c1)[C@H](CO)N(C(=O)C1CC1)CC31CCN(C(=O)c2ccncc2)CC1. The van der Waals surface area contributed by atoms with Crippen LogP contribution in [-0.4, -0.2) is 69.6 Å². The van der Waals surface area contributed by atoms with Gasteiger partial charge in [0.25, 0.3) is 5.91 Å². The van der Waals surface area contributed by atoms with Crippen molar-refractivity contribution in [1.29, 1.82) is 0 Å². The zero-order chi connectivity index (χ0) is 25.0. The number of likely N-dealkylation sites (tertiary alicyclic amines) is 1. The first-order valence-corrected chi connectivity index (χ1v) is 12.7. The lowest BCUT2D eigenvalue weighted by Gasteiger charge is -2.50. The Bertz CT molecular complexity index is 1320. The number of ether oxygens (including phenoxy) is 1. The minimum Gasteiger partial charge on any atom is -0.497 e. The van der Waals surface area contributed by atoms with Crippen LogP contribution in [0.5, 0.6) is 5.75 Å². The molecule has 4 heterocycles. The van der Waals surface area contributed by atoms with Gasteiger partial charge in [0.1, 0.15) is 5.75 Å². The molecular weight excluding hydrogens is 456 g/mol. The lowest BCUT2D eigenvalue weighted by Crippen LogP contribution is -2.56. The number of aliphatic hydroxyl groups excluding tert-OH is 1. The molecule has 1 aliphatic carbocycles. The summed E-state index contributed by atoms with van der Waals surface area (Å²) >= 11 is 0. The molecule has 2 fully saturated rings. The Kier molecular flexibility index (Phi) is 5.52. The Morgan fingerprint density at radius 2 is 1.86 bits per heavy atom. The molecule has 1 spiro atoms. The number of fused-ring (bicyclic) bond motifs is 4. The maximum absolute atomic E-state index is 13.5. The average Bonchev–Trinajstić information content (AvgIpc) is 3.73. The second-order valence-corrected chi connectivity index (χ2v) is 10.4. The fourth-order valence-corrected chi connectivity index (χ4v) is 6.38. The number of carbonyl (C=O) groups is 2. The molecule has 2 aromatic heterocycles. The monoisotopic (exact) mass is 488 g/mol. The molecule has 8 heteroatoms. The number of benzene rings is 1. The van der Waals surface area contributed by atoms with Gasteiger partial charge in [-0.15, -0.1) is 0 Å². The topological polar surface area (TPSA) is 87.9 Å². The maximum atomic E-state index is 13.5. The first kappa shape index (κ1) is 23.0. The number of pyridine rings is 1. The van der Waals surface area contributed by atoms with Crippen LogP contribution in [0.2, 0.25) is 0 Å². The molecule has 36 heavy (non-hydrogen) atoms. The standard InChI is InChI=1S/C28H32N4O4/c1-30-22-15-20(36-2)5-6-21(22)24-25(30)23(16-33)32(27(35)18-3-4-18)17-28(24)9-13-31(14-10-28)26(34)19-7-11-29-12-8-19/h5-8,11-12,15,18,23,33H,3-4,9-10,13-14,16-17H2,1-2H3/t23-/m0/s1. The minimum atomic E-state index is -0.376. The van der Waals surface area contributed by atoms with E-state index in [4.69, 9.17) is 4.74 Å². The van der Waals surface area contributed by atoms with Crippen LogP contribution in [0, 0.1) is 5.92 Å². The van der Waals surface area contributed by atoms with Crippen LogP contribution >= 0.6 is 0 Å². The van der Waals surface area contributed by atoms with Crippen molar-refractivity contribution in [3.05, 3.63) is 59.5 Å². The largest absolute Gasteiger partial charge is 0.497 e. The lowest BCUT2D eigenvalue weighted by atomic mass is 9.68. The minimum absolute atomic E-state index is 0.0186. The Hall–Kier alpha value is -3.39. The number of methoxy groups -OCH3 is 1. The summed E-state index contributed by atoms with van der Waals surface area (Å²) in [5, 5.41) is 11.7. The molecule has 8 nitrogen and oxygen atoms in total. The molecule has 1 N–H and O–H groups in total. The number of piperidine rings is 1. The number of hydrogen-bond donors (Lipinski definition) is 1. The molecule has 0 bridgehead atoms. The maximum Gasteiger partial charge on any atom is 0.253 e. The molecule has 3 aromatic rings. The van der Waals surface area contributed by atoms with Gasteiger partial charge in [-0.05, 0) is 55.5 Å². The van der Waals surface area contributed by atoms with E-state index < -0.39 is 0 Å². The van der Waals surface area contributed by atoms with Crippen molar-refractivity contribution in [3.63, 3.8) is 0 Å². The van der Waals surface area contributed by atoms with Crippen LogP contribution in [0.15, 0.2) is 42.7 Å². The van der Waals surface area contributed by atoms with E-state index in [1.54, 1.807) is 31.6 Å². The number of aliphatic hydroxyl groups is 1.